The van der Waals surface area contributed by atoms with E-state index in [0.717, 1.165) is 5.56 Å². The van der Waals surface area contributed by atoms with Gasteiger partial charge in [-0.15, -0.1) is 0 Å². The maximum absolute atomic E-state index is 13.9. The zero-order valence-corrected chi connectivity index (χ0v) is 10.6. The van der Waals surface area contributed by atoms with E-state index in [2.05, 4.69) is 0 Å². The van der Waals surface area contributed by atoms with Crippen LogP contribution in [0.25, 0.3) is 0 Å². The molecule has 0 aromatic heterocycles. The number of phenols is 1. The Hall–Kier alpha value is -2.07. The lowest BCUT2D eigenvalue weighted by molar-refractivity contribution is 0.399. The van der Waals surface area contributed by atoms with E-state index in [1.54, 1.807) is 36.4 Å². The second-order valence-corrected chi connectivity index (χ2v) is 4.33. The van der Waals surface area contributed by atoms with Gasteiger partial charge >= 0.3 is 0 Å². The number of halogens is 1. The first-order valence-electron chi connectivity index (χ1n) is 5.97. The molecular weight excluding hydrogens is 245 g/mol. The van der Waals surface area contributed by atoms with Gasteiger partial charge in [0.1, 0.15) is 17.3 Å². The summed E-state index contributed by atoms with van der Waals surface area (Å²) >= 11 is 0. The van der Waals surface area contributed by atoms with Gasteiger partial charge in [-0.25, -0.2) is 4.39 Å². The molecule has 0 aliphatic carbocycles. The summed E-state index contributed by atoms with van der Waals surface area (Å²) in [5, 5.41) is 9.22. The van der Waals surface area contributed by atoms with Gasteiger partial charge in [-0.05, 0) is 36.2 Å². The molecule has 0 bridgehead atoms. The molecule has 0 saturated carbocycles. The van der Waals surface area contributed by atoms with Crippen molar-refractivity contribution in [2.45, 2.75) is 12.5 Å². The Kier molecular flexibility index (Phi) is 4.02. The molecule has 2 rings (SSSR count). The van der Waals surface area contributed by atoms with Crippen LogP contribution < -0.4 is 10.5 Å². The number of methoxy groups -OCH3 is 1. The summed E-state index contributed by atoms with van der Waals surface area (Å²) in [7, 11) is 1.49. The molecule has 2 aromatic rings. The first-order chi connectivity index (χ1) is 9.11. The van der Waals surface area contributed by atoms with E-state index in [9.17, 15) is 9.50 Å². The van der Waals surface area contributed by atoms with Crippen LogP contribution >= 0.6 is 0 Å². The number of aromatic hydroxyl groups is 1. The van der Waals surface area contributed by atoms with Crippen molar-refractivity contribution in [1.29, 1.82) is 0 Å². The summed E-state index contributed by atoms with van der Waals surface area (Å²) < 4.78 is 19.0. The van der Waals surface area contributed by atoms with E-state index >= 15 is 0 Å². The zero-order chi connectivity index (χ0) is 13.8. The third-order valence-electron chi connectivity index (χ3n) is 3.00. The molecule has 3 N–H and O–H groups in total. The maximum atomic E-state index is 13.9. The first-order valence-corrected chi connectivity index (χ1v) is 5.97. The quantitative estimate of drug-likeness (QED) is 0.889. The SMILES string of the molecule is COc1cccc(F)c1C(N)Cc1ccc(O)cc1. The third kappa shape index (κ3) is 3.03. The van der Waals surface area contributed by atoms with Crippen LogP contribution in [0.15, 0.2) is 42.5 Å². The number of rotatable bonds is 4. The number of hydrogen-bond acceptors (Lipinski definition) is 3. The molecule has 1 unspecified atom stereocenters. The molecule has 0 aliphatic rings. The van der Waals surface area contributed by atoms with Crippen molar-refractivity contribution in [3.8, 4) is 11.5 Å². The lowest BCUT2D eigenvalue weighted by Gasteiger charge is -2.16. The Morgan fingerprint density at radius 1 is 1.21 bits per heavy atom. The minimum atomic E-state index is -0.499. The van der Waals surface area contributed by atoms with Crippen molar-refractivity contribution in [2.75, 3.05) is 7.11 Å². The fourth-order valence-corrected chi connectivity index (χ4v) is 2.04. The van der Waals surface area contributed by atoms with Crippen molar-refractivity contribution in [1.82, 2.24) is 0 Å². The number of benzene rings is 2. The minimum Gasteiger partial charge on any atom is -0.508 e. The number of nitrogens with two attached hydrogens (primary N) is 1. The van der Waals surface area contributed by atoms with Gasteiger partial charge in [-0.3, -0.25) is 0 Å². The molecule has 0 aliphatic heterocycles. The Balaban J connectivity index is 2.24. The number of phenolic OH excluding ortho intramolecular Hbond substituents is 1. The number of ether oxygens (including phenoxy) is 1. The Bertz CT molecular complexity index is 555. The molecule has 1 atom stereocenters. The monoisotopic (exact) mass is 261 g/mol. The Morgan fingerprint density at radius 3 is 2.53 bits per heavy atom. The first kappa shape index (κ1) is 13.4. The standard InChI is InChI=1S/C15H16FNO2/c1-19-14-4-2-3-12(16)15(14)13(17)9-10-5-7-11(18)8-6-10/h2-8,13,18H,9,17H2,1H3. The Labute approximate surface area is 111 Å². The third-order valence-corrected chi connectivity index (χ3v) is 3.00. The number of hydrogen-bond donors (Lipinski definition) is 2. The van der Waals surface area contributed by atoms with Gasteiger partial charge in [0.15, 0.2) is 0 Å². The average molecular weight is 261 g/mol. The van der Waals surface area contributed by atoms with Crippen molar-refractivity contribution in [3.05, 3.63) is 59.4 Å². The summed E-state index contributed by atoms with van der Waals surface area (Å²) in [6.07, 6.45) is 0.470. The van der Waals surface area contributed by atoms with Gasteiger partial charge in [-0.2, -0.15) is 0 Å². The van der Waals surface area contributed by atoms with E-state index in [-0.39, 0.29) is 11.6 Å². The normalized spacial score (nSPS) is 12.2. The van der Waals surface area contributed by atoms with Gasteiger partial charge in [-0.1, -0.05) is 18.2 Å². The van der Waals surface area contributed by atoms with E-state index in [1.165, 1.54) is 13.2 Å². The van der Waals surface area contributed by atoms with E-state index < -0.39 is 6.04 Å². The van der Waals surface area contributed by atoms with Crippen LogP contribution in [0.1, 0.15) is 17.2 Å². The van der Waals surface area contributed by atoms with Crippen molar-refractivity contribution in [3.63, 3.8) is 0 Å². The smallest absolute Gasteiger partial charge is 0.131 e. The topological polar surface area (TPSA) is 55.5 Å². The summed E-state index contributed by atoms with van der Waals surface area (Å²) in [6.45, 7) is 0. The molecule has 0 amide bonds. The van der Waals surface area contributed by atoms with Crippen LogP contribution in [-0.2, 0) is 6.42 Å². The molecule has 19 heavy (non-hydrogen) atoms. The average Bonchev–Trinajstić information content (AvgIpc) is 2.40. The summed E-state index contributed by atoms with van der Waals surface area (Å²) in [6, 6.07) is 10.8. The molecular formula is C15H16FNO2. The van der Waals surface area contributed by atoms with Crippen LogP contribution in [-0.4, -0.2) is 12.2 Å². The highest BCUT2D eigenvalue weighted by atomic mass is 19.1. The van der Waals surface area contributed by atoms with Gasteiger partial charge in [0.25, 0.3) is 0 Å². The lowest BCUT2D eigenvalue weighted by Crippen LogP contribution is -2.16. The largest absolute Gasteiger partial charge is 0.508 e. The fraction of sp³-hybridized carbons (Fsp3) is 0.200. The van der Waals surface area contributed by atoms with Crippen LogP contribution in [0.5, 0.6) is 11.5 Å². The van der Waals surface area contributed by atoms with E-state index in [0.29, 0.717) is 17.7 Å². The van der Waals surface area contributed by atoms with Crippen molar-refractivity contribution >= 4 is 0 Å². The van der Waals surface area contributed by atoms with Crippen LogP contribution in [0, 0.1) is 5.82 Å². The zero-order valence-electron chi connectivity index (χ0n) is 10.6. The van der Waals surface area contributed by atoms with Gasteiger partial charge < -0.3 is 15.6 Å². The lowest BCUT2D eigenvalue weighted by atomic mass is 9.98. The minimum absolute atomic E-state index is 0.195. The molecule has 0 saturated heterocycles. The van der Waals surface area contributed by atoms with Crippen LogP contribution in [0.4, 0.5) is 4.39 Å². The van der Waals surface area contributed by atoms with E-state index in [4.69, 9.17) is 10.5 Å². The van der Waals surface area contributed by atoms with E-state index in [1.807, 2.05) is 0 Å². The van der Waals surface area contributed by atoms with Gasteiger partial charge in [0.2, 0.25) is 0 Å². The molecule has 4 heteroatoms. The highest BCUT2D eigenvalue weighted by Gasteiger charge is 2.17. The molecule has 2 aromatic carbocycles. The van der Waals surface area contributed by atoms with Gasteiger partial charge in [0.05, 0.1) is 7.11 Å². The molecule has 0 spiro atoms. The molecule has 100 valence electrons. The molecule has 0 heterocycles. The van der Waals surface area contributed by atoms with Crippen LogP contribution in [0.3, 0.4) is 0 Å². The van der Waals surface area contributed by atoms with Crippen molar-refractivity contribution < 1.29 is 14.2 Å². The highest BCUT2D eigenvalue weighted by Crippen LogP contribution is 2.28. The highest BCUT2D eigenvalue weighted by molar-refractivity contribution is 5.38. The predicted molar refractivity (Wildman–Crippen MR) is 71.7 cm³/mol. The summed E-state index contributed by atoms with van der Waals surface area (Å²) in [5.41, 5.74) is 7.36. The molecule has 0 fully saturated rings. The molecule has 0 radical (unpaired) electrons. The predicted octanol–water partition coefficient (Wildman–Crippen LogP) is 2.78. The maximum Gasteiger partial charge on any atom is 0.131 e. The summed E-state index contributed by atoms with van der Waals surface area (Å²) in [4.78, 5) is 0. The van der Waals surface area contributed by atoms with Gasteiger partial charge in [0, 0.05) is 11.6 Å². The fourth-order valence-electron chi connectivity index (χ4n) is 2.04. The second-order valence-electron chi connectivity index (χ2n) is 4.33. The second kappa shape index (κ2) is 5.71. The van der Waals surface area contributed by atoms with Crippen LogP contribution in [0.2, 0.25) is 0 Å². The Morgan fingerprint density at radius 2 is 1.89 bits per heavy atom. The van der Waals surface area contributed by atoms with Crippen molar-refractivity contribution in [2.24, 2.45) is 5.73 Å². The molecule has 3 nitrogen and oxygen atoms in total. The summed E-state index contributed by atoms with van der Waals surface area (Å²) in [5.74, 6) is 0.276.